The molecule has 1 aliphatic heterocycles. The van der Waals surface area contributed by atoms with Crippen LogP contribution >= 0.6 is 0 Å². The molecular weight excluding hydrogens is 432 g/mol. The summed E-state index contributed by atoms with van der Waals surface area (Å²) in [5, 5.41) is 11.2. The largest absolute Gasteiger partial charge is 0.507 e. The number of anilines is 1. The molecule has 33 heavy (non-hydrogen) atoms. The number of methoxy groups -OCH3 is 2. The Balaban J connectivity index is 2.03. The topological polar surface area (TPSA) is 76.1 Å². The second-order valence-corrected chi connectivity index (χ2v) is 7.24. The van der Waals surface area contributed by atoms with Crippen molar-refractivity contribution in [3.63, 3.8) is 0 Å². The van der Waals surface area contributed by atoms with Crippen LogP contribution in [0.5, 0.6) is 11.5 Å². The van der Waals surface area contributed by atoms with E-state index in [1.165, 1.54) is 38.5 Å². The number of amides is 1. The summed E-state index contributed by atoms with van der Waals surface area (Å²) >= 11 is 0. The SMILES string of the molecule is COc1ccc(F)cc1/C(O)=C1\C(=O)C(=O)N(c2cccc(F)c2)C1c1ccccc1OC. The number of hydrogen-bond donors (Lipinski definition) is 1. The Morgan fingerprint density at radius 3 is 2.27 bits per heavy atom. The van der Waals surface area contributed by atoms with Crippen molar-refractivity contribution in [3.8, 4) is 11.5 Å². The maximum absolute atomic E-state index is 14.0. The summed E-state index contributed by atoms with van der Waals surface area (Å²) in [4.78, 5) is 27.4. The van der Waals surface area contributed by atoms with Crippen LogP contribution in [0.2, 0.25) is 0 Å². The van der Waals surface area contributed by atoms with Gasteiger partial charge in [-0.3, -0.25) is 14.5 Å². The quantitative estimate of drug-likeness (QED) is 0.348. The minimum atomic E-state index is -1.17. The first-order chi connectivity index (χ1) is 15.9. The number of rotatable bonds is 5. The Bertz CT molecular complexity index is 1290. The molecule has 1 unspecified atom stereocenters. The molecule has 0 bridgehead atoms. The number of Topliss-reactive ketones (excluding diaryl/α,β-unsaturated/α-hetero) is 1. The zero-order valence-electron chi connectivity index (χ0n) is 17.7. The monoisotopic (exact) mass is 451 g/mol. The fourth-order valence-electron chi connectivity index (χ4n) is 3.92. The van der Waals surface area contributed by atoms with Crippen molar-refractivity contribution in [3.05, 3.63) is 95.1 Å². The van der Waals surface area contributed by atoms with E-state index in [0.717, 1.165) is 23.1 Å². The number of halogens is 2. The summed E-state index contributed by atoms with van der Waals surface area (Å²) in [5.74, 6) is -3.47. The molecule has 3 aromatic carbocycles. The molecule has 0 aliphatic carbocycles. The molecule has 4 rings (SSSR count). The standard InChI is InChI=1S/C25H19F2NO5/c1-32-19-9-4-3-8-17(19)22-21(23(29)18-13-15(27)10-11-20(18)33-2)24(30)25(31)28(22)16-7-5-6-14(26)12-16/h3-13,22,29H,1-2H3/b23-21+. The van der Waals surface area contributed by atoms with Crippen LogP contribution in [0.4, 0.5) is 14.5 Å². The van der Waals surface area contributed by atoms with E-state index >= 15 is 0 Å². The first-order valence-electron chi connectivity index (χ1n) is 9.90. The first kappa shape index (κ1) is 22.0. The normalized spacial score (nSPS) is 17.3. The number of aliphatic hydroxyl groups excluding tert-OH is 1. The third-order valence-corrected chi connectivity index (χ3v) is 5.38. The lowest BCUT2D eigenvalue weighted by Crippen LogP contribution is -2.29. The molecular formula is C25H19F2NO5. The molecule has 0 aromatic heterocycles. The van der Waals surface area contributed by atoms with Gasteiger partial charge in [0.05, 0.1) is 31.4 Å². The maximum Gasteiger partial charge on any atom is 0.300 e. The van der Waals surface area contributed by atoms with E-state index in [4.69, 9.17) is 9.47 Å². The molecule has 3 aromatic rings. The van der Waals surface area contributed by atoms with E-state index in [0.29, 0.717) is 11.3 Å². The number of ether oxygens (including phenoxy) is 2. The van der Waals surface area contributed by atoms with Gasteiger partial charge >= 0.3 is 0 Å². The average Bonchev–Trinajstić information content (AvgIpc) is 3.08. The minimum absolute atomic E-state index is 0.102. The summed E-state index contributed by atoms with van der Waals surface area (Å²) in [7, 11) is 2.75. The van der Waals surface area contributed by atoms with Crippen LogP contribution < -0.4 is 14.4 Å². The van der Waals surface area contributed by atoms with E-state index in [2.05, 4.69) is 0 Å². The highest BCUT2D eigenvalue weighted by molar-refractivity contribution is 6.51. The summed E-state index contributed by atoms with van der Waals surface area (Å²) < 4.78 is 38.7. The second-order valence-electron chi connectivity index (χ2n) is 7.24. The van der Waals surface area contributed by atoms with Gasteiger partial charge < -0.3 is 14.6 Å². The van der Waals surface area contributed by atoms with Crippen molar-refractivity contribution >= 4 is 23.1 Å². The van der Waals surface area contributed by atoms with Crippen LogP contribution in [0.3, 0.4) is 0 Å². The molecule has 1 fully saturated rings. The number of para-hydroxylation sites is 1. The van der Waals surface area contributed by atoms with Gasteiger partial charge in [-0.25, -0.2) is 8.78 Å². The first-order valence-corrected chi connectivity index (χ1v) is 9.90. The fraction of sp³-hybridized carbons (Fsp3) is 0.120. The molecule has 0 saturated carbocycles. The van der Waals surface area contributed by atoms with Crippen LogP contribution in [0, 0.1) is 11.6 Å². The summed E-state index contributed by atoms with van der Waals surface area (Å²) in [6, 6.07) is 14.1. The average molecular weight is 451 g/mol. The number of benzene rings is 3. The molecule has 1 amide bonds. The number of hydrogen-bond acceptors (Lipinski definition) is 5. The summed E-state index contributed by atoms with van der Waals surface area (Å²) in [5.41, 5.74) is 0.0749. The van der Waals surface area contributed by atoms with Gasteiger partial charge in [0.1, 0.15) is 28.9 Å². The van der Waals surface area contributed by atoms with Gasteiger partial charge in [0.15, 0.2) is 0 Å². The Labute approximate surface area is 188 Å². The highest BCUT2D eigenvalue weighted by Crippen LogP contribution is 2.45. The molecule has 1 saturated heterocycles. The maximum atomic E-state index is 14.0. The predicted octanol–water partition coefficient (Wildman–Crippen LogP) is 4.61. The lowest BCUT2D eigenvalue weighted by atomic mass is 9.94. The molecule has 1 N–H and O–H groups in total. The summed E-state index contributed by atoms with van der Waals surface area (Å²) in [6.45, 7) is 0. The summed E-state index contributed by atoms with van der Waals surface area (Å²) in [6.07, 6.45) is 0. The van der Waals surface area contributed by atoms with Crippen LogP contribution in [-0.4, -0.2) is 31.0 Å². The van der Waals surface area contributed by atoms with E-state index < -0.39 is 35.1 Å². The molecule has 8 heteroatoms. The van der Waals surface area contributed by atoms with Gasteiger partial charge in [-0.05, 0) is 42.5 Å². The molecule has 6 nitrogen and oxygen atoms in total. The van der Waals surface area contributed by atoms with Crippen molar-refractivity contribution in [1.29, 1.82) is 0 Å². The number of ketones is 1. The highest BCUT2D eigenvalue weighted by Gasteiger charge is 2.48. The number of carbonyl (C=O) groups excluding carboxylic acids is 2. The van der Waals surface area contributed by atoms with Gasteiger partial charge in [-0.2, -0.15) is 0 Å². The van der Waals surface area contributed by atoms with E-state index in [1.54, 1.807) is 24.3 Å². The molecule has 168 valence electrons. The Morgan fingerprint density at radius 1 is 0.879 bits per heavy atom. The lowest BCUT2D eigenvalue weighted by molar-refractivity contribution is -0.132. The minimum Gasteiger partial charge on any atom is -0.507 e. The van der Waals surface area contributed by atoms with Crippen LogP contribution in [0.15, 0.2) is 72.3 Å². The second kappa shape index (κ2) is 8.74. The van der Waals surface area contributed by atoms with E-state index in [1.807, 2.05) is 0 Å². The van der Waals surface area contributed by atoms with Crippen molar-refractivity contribution in [2.45, 2.75) is 6.04 Å². The van der Waals surface area contributed by atoms with Gasteiger partial charge in [-0.1, -0.05) is 24.3 Å². The van der Waals surface area contributed by atoms with Crippen molar-refractivity contribution in [1.82, 2.24) is 0 Å². The van der Waals surface area contributed by atoms with Crippen LogP contribution in [0.25, 0.3) is 5.76 Å². The zero-order chi connectivity index (χ0) is 23.7. The molecule has 0 spiro atoms. The van der Waals surface area contributed by atoms with Crippen molar-refractivity contribution in [2.75, 3.05) is 19.1 Å². The Kier molecular flexibility index (Phi) is 5.83. The zero-order valence-corrected chi connectivity index (χ0v) is 17.7. The third kappa shape index (κ3) is 3.80. The van der Waals surface area contributed by atoms with Crippen molar-refractivity contribution in [2.24, 2.45) is 0 Å². The molecule has 0 radical (unpaired) electrons. The smallest absolute Gasteiger partial charge is 0.300 e. The van der Waals surface area contributed by atoms with E-state index in [9.17, 15) is 23.5 Å². The highest BCUT2D eigenvalue weighted by atomic mass is 19.1. The van der Waals surface area contributed by atoms with Gasteiger partial charge in [0.2, 0.25) is 0 Å². The Hall–Kier alpha value is -4.20. The Morgan fingerprint density at radius 2 is 1.58 bits per heavy atom. The number of aliphatic hydroxyl groups is 1. The van der Waals surface area contributed by atoms with Gasteiger partial charge in [-0.15, -0.1) is 0 Å². The molecule has 1 heterocycles. The lowest BCUT2D eigenvalue weighted by Gasteiger charge is -2.26. The molecule has 1 atom stereocenters. The fourth-order valence-corrected chi connectivity index (χ4v) is 3.92. The van der Waals surface area contributed by atoms with Gasteiger partial charge in [0.25, 0.3) is 11.7 Å². The van der Waals surface area contributed by atoms with Crippen LogP contribution in [0.1, 0.15) is 17.2 Å². The van der Waals surface area contributed by atoms with Gasteiger partial charge in [0, 0.05) is 11.3 Å². The van der Waals surface area contributed by atoms with Crippen LogP contribution in [-0.2, 0) is 9.59 Å². The third-order valence-electron chi connectivity index (χ3n) is 5.38. The molecule has 1 aliphatic rings. The van der Waals surface area contributed by atoms with E-state index in [-0.39, 0.29) is 22.6 Å². The number of nitrogens with zero attached hydrogens (tertiary/aromatic N) is 1. The number of carbonyl (C=O) groups is 2. The predicted molar refractivity (Wildman–Crippen MR) is 117 cm³/mol. The van der Waals surface area contributed by atoms with Crippen molar-refractivity contribution < 1.29 is 33.0 Å².